The van der Waals surface area contributed by atoms with Gasteiger partial charge in [0.2, 0.25) is 5.91 Å². The fraction of sp³-hybridized carbons (Fsp3) is 0.842. The van der Waals surface area contributed by atoms with Crippen molar-refractivity contribution in [2.45, 2.75) is 103 Å². The number of amides is 1. The van der Waals surface area contributed by atoms with Crippen LogP contribution in [0.1, 0.15) is 96.8 Å². The van der Waals surface area contributed by atoms with Gasteiger partial charge in [-0.3, -0.25) is 9.59 Å². The molecule has 0 spiro atoms. The number of carboxylic acids is 2. The molecule has 26 heavy (non-hydrogen) atoms. The topological polar surface area (TPSA) is 104 Å². The molecule has 148 valence electrons. The molecule has 0 bridgehead atoms. The van der Waals surface area contributed by atoms with Gasteiger partial charge in [0.05, 0.1) is 0 Å². The van der Waals surface area contributed by atoms with E-state index in [1.165, 1.54) is 51.4 Å². The first-order valence-corrected chi connectivity index (χ1v) is 9.71. The zero-order valence-corrected chi connectivity index (χ0v) is 15.6. The Morgan fingerprint density at radius 1 is 0.769 bits per heavy atom. The predicted molar refractivity (Wildman–Crippen MR) is 105 cm³/mol. The molecule has 0 aliphatic heterocycles. The quantitative estimate of drug-likeness (QED) is 0.257. The fourth-order valence-electron chi connectivity index (χ4n) is 2.74. The second-order valence-corrected chi connectivity index (χ2v) is 6.68. The molecular weight excluding hydrogens is 361 g/mol. The van der Waals surface area contributed by atoms with Gasteiger partial charge in [-0.2, -0.15) is 0 Å². The second-order valence-electron chi connectivity index (χ2n) is 6.68. The van der Waals surface area contributed by atoms with Crippen LogP contribution in [0.25, 0.3) is 0 Å². The van der Waals surface area contributed by atoms with E-state index in [2.05, 4.69) is 12.2 Å². The molecule has 0 radical (unpaired) electrons. The molecule has 1 atom stereocenters. The van der Waals surface area contributed by atoms with Crippen molar-refractivity contribution in [3.63, 3.8) is 0 Å². The Hall–Kier alpha value is 0.0464. The third-order valence-corrected chi connectivity index (χ3v) is 4.29. The van der Waals surface area contributed by atoms with Crippen LogP contribution in [0.5, 0.6) is 0 Å². The number of carbonyl (C=O) groups excluding carboxylic acids is 1. The molecule has 0 fully saturated rings. The Morgan fingerprint density at radius 2 is 1.23 bits per heavy atom. The van der Waals surface area contributed by atoms with Crippen molar-refractivity contribution in [3.05, 3.63) is 0 Å². The number of rotatable bonds is 17. The van der Waals surface area contributed by atoms with Gasteiger partial charge in [0.1, 0.15) is 6.04 Å². The Morgan fingerprint density at radius 3 is 1.65 bits per heavy atom. The normalized spacial score (nSPS) is 11.4. The van der Waals surface area contributed by atoms with E-state index in [4.69, 9.17) is 10.2 Å². The minimum atomic E-state index is -1.19. The van der Waals surface area contributed by atoms with E-state index in [0.29, 0.717) is 6.42 Å². The molecule has 0 heterocycles. The van der Waals surface area contributed by atoms with Crippen LogP contribution >= 0.6 is 0 Å². The summed E-state index contributed by atoms with van der Waals surface area (Å²) < 4.78 is 0. The summed E-state index contributed by atoms with van der Waals surface area (Å²) in [6, 6.07) is -1.11. The average molecular weight is 398 g/mol. The minimum absolute atomic E-state index is 0. The monoisotopic (exact) mass is 397 g/mol. The summed E-state index contributed by atoms with van der Waals surface area (Å²) in [6.07, 6.45) is 13.1. The Kier molecular flexibility index (Phi) is 21.5. The van der Waals surface area contributed by atoms with Crippen LogP contribution < -0.4 is 5.32 Å². The Labute approximate surface area is 200 Å². The van der Waals surface area contributed by atoms with Gasteiger partial charge in [0.25, 0.3) is 0 Å². The second kappa shape index (κ2) is 19.8. The molecular formula is C19H36KNO5. The summed E-state index contributed by atoms with van der Waals surface area (Å²) in [4.78, 5) is 33.2. The molecule has 0 unspecified atom stereocenters. The van der Waals surface area contributed by atoms with Crippen LogP contribution in [0.15, 0.2) is 0 Å². The van der Waals surface area contributed by atoms with E-state index in [9.17, 15) is 14.4 Å². The standard InChI is InChI=1S/C19H35NO5.K.H/c1-2-3-4-5-6-7-8-9-10-11-12-13-17(21)20-16(19(24)25)14-15-18(22)23;;/h16H,2-15H2,1H3,(H,20,21)(H,22,23)(H,24,25);;/t16-;;/m1../s1. The molecule has 7 heteroatoms. The third kappa shape index (κ3) is 18.8. The van der Waals surface area contributed by atoms with Crippen molar-refractivity contribution in [3.8, 4) is 0 Å². The molecule has 0 aromatic carbocycles. The zero-order chi connectivity index (χ0) is 18.9. The van der Waals surface area contributed by atoms with Gasteiger partial charge < -0.3 is 15.5 Å². The van der Waals surface area contributed by atoms with Gasteiger partial charge in [0, 0.05) is 12.8 Å². The molecule has 1 amide bonds. The van der Waals surface area contributed by atoms with Crippen LogP contribution in [-0.2, 0) is 14.4 Å². The Bertz CT molecular complexity index is 390. The molecule has 0 rings (SSSR count). The van der Waals surface area contributed by atoms with Crippen molar-refractivity contribution >= 4 is 69.2 Å². The SMILES string of the molecule is CCCCCCCCCCCCCC(=O)N[C@H](CCC(=O)O)C(=O)O.[KH]. The number of carbonyl (C=O) groups is 3. The number of carboxylic acid groups (broad SMARTS) is 2. The van der Waals surface area contributed by atoms with Crippen molar-refractivity contribution in [2.75, 3.05) is 0 Å². The summed E-state index contributed by atoms with van der Waals surface area (Å²) in [5.41, 5.74) is 0. The fourth-order valence-corrected chi connectivity index (χ4v) is 2.74. The van der Waals surface area contributed by atoms with Gasteiger partial charge >= 0.3 is 63.3 Å². The van der Waals surface area contributed by atoms with E-state index in [0.717, 1.165) is 19.3 Å². The van der Waals surface area contributed by atoms with E-state index in [-0.39, 0.29) is 70.1 Å². The summed E-state index contributed by atoms with van der Waals surface area (Å²) in [7, 11) is 0. The van der Waals surface area contributed by atoms with Crippen LogP contribution in [0.2, 0.25) is 0 Å². The van der Waals surface area contributed by atoms with Crippen LogP contribution in [0, 0.1) is 0 Å². The number of aliphatic carboxylic acids is 2. The summed E-state index contributed by atoms with van der Waals surface area (Å²) in [6.45, 7) is 2.22. The molecule has 0 saturated carbocycles. The molecule has 0 aliphatic carbocycles. The van der Waals surface area contributed by atoms with Gasteiger partial charge in [0.15, 0.2) is 0 Å². The first-order chi connectivity index (χ1) is 12.0. The summed E-state index contributed by atoms with van der Waals surface area (Å²) in [5, 5.41) is 20.0. The van der Waals surface area contributed by atoms with E-state index < -0.39 is 18.0 Å². The predicted octanol–water partition coefficient (Wildman–Crippen LogP) is 3.47. The summed E-state index contributed by atoms with van der Waals surface area (Å²) in [5.74, 6) is -2.56. The Balaban J connectivity index is 0. The van der Waals surface area contributed by atoms with Gasteiger partial charge in [-0.05, 0) is 12.8 Å². The molecule has 0 aromatic rings. The molecule has 0 saturated heterocycles. The third-order valence-electron chi connectivity index (χ3n) is 4.29. The number of unbranched alkanes of at least 4 members (excludes halogenated alkanes) is 10. The van der Waals surface area contributed by atoms with Gasteiger partial charge in [-0.15, -0.1) is 0 Å². The van der Waals surface area contributed by atoms with Crippen molar-refractivity contribution in [1.82, 2.24) is 5.32 Å². The summed E-state index contributed by atoms with van der Waals surface area (Å²) >= 11 is 0. The first kappa shape index (κ1) is 28.3. The first-order valence-electron chi connectivity index (χ1n) is 9.71. The van der Waals surface area contributed by atoms with Crippen LogP contribution in [0.4, 0.5) is 0 Å². The molecule has 0 aliphatic rings. The van der Waals surface area contributed by atoms with Gasteiger partial charge in [-0.25, -0.2) is 4.79 Å². The van der Waals surface area contributed by atoms with Crippen molar-refractivity contribution < 1.29 is 24.6 Å². The maximum atomic E-state index is 11.7. The average Bonchev–Trinajstić information content (AvgIpc) is 2.56. The van der Waals surface area contributed by atoms with Gasteiger partial charge in [-0.1, -0.05) is 71.1 Å². The van der Waals surface area contributed by atoms with E-state index in [1.807, 2.05) is 0 Å². The molecule has 3 N–H and O–H groups in total. The number of hydrogen-bond acceptors (Lipinski definition) is 3. The van der Waals surface area contributed by atoms with E-state index in [1.54, 1.807) is 0 Å². The number of nitrogens with one attached hydrogen (secondary N) is 1. The van der Waals surface area contributed by atoms with Crippen LogP contribution in [0.3, 0.4) is 0 Å². The zero-order valence-electron chi connectivity index (χ0n) is 15.6. The van der Waals surface area contributed by atoms with E-state index >= 15 is 0 Å². The van der Waals surface area contributed by atoms with Crippen molar-refractivity contribution in [2.24, 2.45) is 0 Å². The maximum absolute atomic E-state index is 11.7. The van der Waals surface area contributed by atoms with Crippen LogP contribution in [-0.4, -0.2) is 85.5 Å². The number of hydrogen-bond donors (Lipinski definition) is 3. The van der Waals surface area contributed by atoms with Crippen molar-refractivity contribution in [1.29, 1.82) is 0 Å². The molecule has 6 nitrogen and oxygen atoms in total. The molecule has 0 aromatic heterocycles.